The van der Waals surface area contributed by atoms with Crippen molar-refractivity contribution in [2.75, 3.05) is 6.54 Å². The molecule has 1 fully saturated rings. The molecule has 9 heteroatoms. The van der Waals surface area contributed by atoms with Gasteiger partial charge in [-0.3, -0.25) is 18.7 Å². The number of likely N-dealkylation sites (tertiary alicyclic amines) is 1. The van der Waals surface area contributed by atoms with Crippen LogP contribution in [0.2, 0.25) is 0 Å². The average Bonchev–Trinajstić information content (AvgIpc) is 3.23. The molecule has 0 aliphatic carbocycles. The van der Waals surface area contributed by atoms with Crippen LogP contribution in [-0.2, 0) is 24.8 Å². The van der Waals surface area contributed by atoms with Crippen LogP contribution in [0.25, 0.3) is 0 Å². The summed E-state index contributed by atoms with van der Waals surface area (Å²) >= 11 is 0. The predicted octanol–water partition coefficient (Wildman–Crippen LogP) is -0.144. The molecule has 0 unspecified atom stereocenters. The monoisotopic (exact) mass is 333 g/mol. The molecule has 24 heavy (non-hydrogen) atoms. The highest BCUT2D eigenvalue weighted by Gasteiger charge is 2.33. The van der Waals surface area contributed by atoms with E-state index in [1.54, 1.807) is 4.90 Å². The molecule has 9 nitrogen and oxygen atoms in total. The molecule has 0 aromatic carbocycles. The third-order valence-electron chi connectivity index (χ3n) is 4.22. The summed E-state index contributed by atoms with van der Waals surface area (Å²) in [7, 11) is 1.38. The fourth-order valence-electron chi connectivity index (χ4n) is 2.85. The first-order valence-electron chi connectivity index (χ1n) is 7.89. The van der Waals surface area contributed by atoms with Crippen LogP contribution in [0, 0.1) is 0 Å². The van der Waals surface area contributed by atoms with Gasteiger partial charge >= 0.3 is 5.69 Å². The van der Waals surface area contributed by atoms with E-state index in [9.17, 15) is 14.4 Å². The lowest BCUT2D eigenvalue weighted by atomic mass is 10.2. The Labute approximate surface area is 137 Å². The van der Waals surface area contributed by atoms with Crippen molar-refractivity contribution in [3.63, 3.8) is 0 Å². The van der Waals surface area contributed by atoms with Gasteiger partial charge in [-0.2, -0.15) is 4.98 Å². The van der Waals surface area contributed by atoms with Gasteiger partial charge in [0.25, 0.3) is 5.56 Å². The number of amides is 1. The second-order valence-corrected chi connectivity index (χ2v) is 5.77. The first-order chi connectivity index (χ1) is 11.5. The van der Waals surface area contributed by atoms with Crippen LogP contribution in [0.3, 0.4) is 0 Å². The van der Waals surface area contributed by atoms with Crippen molar-refractivity contribution in [3.8, 4) is 0 Å². The summed E-state index contributed by atoms with van der Waals surface area (Å²) in [5.41, 5.74) is -0.916. The lowest BCUT2D eigenvalue weighted by Gasteiger charge is -2.22. The van der Waals surface area contributed by atoms with Gasteiger partial charge in [0.15, 0.2) is 5.82 Å². The van der Waals surface area contributed by atoms with Crippen LogP contribution in [0.1, 0.15) is 37.5 Å². The normalized spacial score (nSPS) is 17.4. The van der Waals surface area contributed by atoms with E-state index in [-0.39, 0.29) is 18.5 Å². The Morgan fingerprint density at radius 1 is 1.42 bits per heavy atom. The Morgan fingerprint density at radius 2 is 2.21 bits per heavy atom. The van der Waals surface area contributed by atoms with E-state index in [0.717, 1.165) is 17.4 Å². The van der Waals surface area contributed by atoms with Crippen molar-refractivity contribution in [3.05, 3.63) is 44.8 Å². The standard InChI is InChI=1S/C15H19N5O4/c1-3-11-16-14(17-24-11)10-5-4-7-20(10)13(22)9-19-8-6-12(21)18(2)15(19)23/h6,8,10H,3-5,7,9H2,1-2H3/t10-/m1/s1. The molecular formula is C15H19N5O4. The number of aryl methyl sites for hydroxylation is 1. The Hall–Kier alpha value is -2.71. The van der Waals surface area contributed by atoms with Crippen molar-refractivity contribution < 1.29 is 9.32 Å². The Morgan fingerprint density at radius 3 is 2.92 bits per heavy atom. The number of carbonyl (C=O) groups excluding carboxylic acids is 1. The number of hydrogen-bond acceptors (Lipinski definition) is 6. The number of hydrogen-bond donors (Lipinski definition) is 0. The van der Waals surface area contributed by atoms with Crippen LogP contribution in [0.15, 0.2) is 26.4 Å². The van der Waals surface area contributed by atoms with E-state index < -0.39 is 11.2 Å². The smallest absolute Gasteiger partial charge is 0.331 e. The minimum absolute atomic E-state index is 0.123. The van der Waals surface area contributed by atoms with Crippen molar-refractivity contribution in [2.45, 2.75) is 38.8 Å². The lowest BCUT2D eigenvalue weighted by molar-refractivity contribution is -0.133. The fraction of sp³-hybridized carbons (Fsp3) is 0.533. The molecule has 1 aliphatic rings. The van der Waals surface area contributed by atoms with Crippen LogP contribution >= 0.6 is 0 Å². The van der Waals surface area contributed by atoms with Crippen molar-refractivity contribution in [2.24, 2.45) is 7.05 Å². The summed E-state index contributed by atoms with van der Waals surface area (Å²) in [6.07, 6.45) is 3.59. The number of nitrogens with zero attached hydrogens (tertiary/aromatic N) is 5. The largest absolute Gasteiger partial charge is 0.339 e. The highest BCUT2D eigenvalue weighted by molar-refractivity contribution is 5.76. The Bertz CT molecular complexity index is 865. The van der Waals surface area contributed by atoms with Crippen LogP contribution < -0.4 is 11.2 Å². The SMILES string of the molecule is CCc1nc([C@H]2CCCN2C(=O)Cn2ccc(=O)n(C)c2=O)no1. The molecule has 0 radical (unpaired) electrons. The molecule has 1 amide bonds. The lowest BCUT2D eigenvalue weighted by Crippen LogP contribution is -2.41. The van der Waals surface area contributed by atoms with Crippen molar-refractivity contribution in [1.82, 2.24) is 24.2 Å². The molecule has 3 heterocycles. The molecular weight excluding hydrogens is 314 g/mol. The summed E-state index contributed by atoms with van der Waals surface area (Å²) in [6, 6.07) is 1.04. The summed E-state index contributed by atoms with van der Waals surface area (Å²) in [6.45, 7) is 2.38. The van der Waals surface area contributed by atoms with E-state index in [1.807, 2.05) is 6.92 Å². The van der Waals surface area contributed by atoms with Gasteiger partial charge in [-0.05, 0) is 12.8 Å². The Kier molecular flexibility index (Phi) is 4.32. The van der Waals surface area contributed by atoms with E-state index >= 15 is 0 Å². The van der Waals surface area contributed by atoms with Gasteiger partial charge in [-0.1, -0.05) is 12.1 Å². The molecule has 128 valence electrons. The zero-order valence-electron chi connectivity index (χ0n) is 13.6. The Balaban J connectivity index is 1.80. The topological polar surface area (TPSA) is 103 Å². The van der Waals surface area contributed by atoms with Crippen molar-refractivity contribution >= 4 is 5.91 Å². The second-order valence-electron chi connectivity index (χ2n) is 5.77. The van der Waals surface area contributed by atoms with Gasteiger partial charge in [0.2, 0.25) is 11.8 Å². The number of carbonyl (C=O) groups is 1. The third-order valence-corrected chi connectivity index (χ3v) is 4.22. The zero-order valence-corrected chi connectivity index (χ0v) is 13.6. The summed E-state index contributed by atoms with van der Waals surface area (Å²) in [5, 5.41) is 3.96. The fourth-order valence-corrected chi connectivity index (χ4v) is 2.85. The number of rotatable bonds is 4. The van der Waals surface area contributed by atoms with E-state index in [1.165, 1.54) is 23.9 Å². The van der Waals surface area contributed by atoms with Gasteiger partial charge < -0.3 is 9.42 Å². The third kappa shape index (κ3) is 2.89. The molecule has 2 aromatic rings. The van der Waals surface area contributed by atoms with E-state index in [2.05, 4.69) is 10.1 Å². The van der Waals surface area contributed by atoms with Crippen LogP contribution in [0.4, 0.5) is 0 Å². The zero-order chi connectivity index (χ0) is 17.3. The number of aromatic nitrogens is 4. The molecule has 0 bridgehead atoms. The maximum atomic E-state index is 12.6. The van der Waals surface area contributed by atoms with Crippen LogP contribution in [0.5, 0.6) is 0 Å². The highest BCUT2D eigenvalue weighted by Crippen LogP contribution is 2.30. The molecule has 1 aliphatic heterocycles. The van der Waals surface area contributed by atoms with Gasteiger partial charge in [0.05, 0.1) is 6.04 Å². The van der Waals surface area contributed by atoms with E-state index in [4.69, 9.17) is 4.52 Å². The minimum Gasteiger partial charge on any atom is -0.339 e. The van der Waals surface area contributed by atoms with Crippen molar-refractivity contribution in [1.29, 1.82) is 0 Å². The molecule has 2 aromatic heterocycles. The van der Waals surface area contributed by atoms with Gasteiger partial charge in [0, 0.05) is 32.3 Å². The predicted molar refractivity (Wildman–Crippen MR) is 83.3 cm³/mol. The summed E-state index contributed by atoms with van der Waals surface area (Å²) in [5.74, 6) is 0.838. The first-order valence-corrected chi connectivity index (χ1v) is 7.89. The average molecular weight is 333 g/mol. The maximum Gasteiger partial charge on any atom is 0.331 e. The summed E-state index contributed by atoms with van der Waals surface area (Å²) < 4.78 is 7.33. The van der Waals surface area contributed by atoms with Gasteiger partial charge in [0.1, 0.15) is 6.54 Å². The first kappa shape index (κ1) is 16.2. The maximum absolute atomic E-state index is 12.6. The molecule has 0 saturated carbocycles. The molecule has 0 N–H and O–H groups in total. The molecule has 1 atom stereocenters. The van der Waals surface area contributed by atoms with Gasteiger partial charge in [-0.25, -0.2) is 4.79 Å². The minimum atomic E-state index is -0.514. The molecule has 3 rings (SSSR count). The van der Waals surface area contributed by atoms with E-state index in [0.29, 0.717) is 24.7 Å². The molecule has 0 spiro atoms. The summed E-state index contributed by atoms with van der Waals surface area (Å²) in [4.78, 5) is 42.1. The molecule has 1 saturated heterocycles. The quantitative estimate of drug-likeness (QED) is 0.771. The highest BCUT2D eigenvalue weighted by atomic mass is 16.5. The van der Waals surface area contributed by atoms with Crippen LogP contribution in [-0.4, -0.2) is 36.6 Å². The van der Waals surface area contributed by atoms with Gasteiger partial charge in [-0.15, -0.1) is 0 Å². The second kappa shape index (κ2) is 6.42.